The molecule has 1 heterocycles. The number of carbonyl (C=O) groups is 1. The molecule has 1 aromatic heterocycles. The SMILES string of the molecule is CCn1c(SCC(=O)Nc2cccc(OC)c2)nnc1-c1ccc(OC)c(OC)c1. The number of hydrogen-bond donors (Lipinski definition) is 1. The van der Waals surface area contributed by atoms with Crippen LogP contribution >= 0.6 is 11.8 Å². The molecule has 0 spiro atoms. The van der Waals surface area contributed by atoms with Gasteiger partial charge in [-0.2, -0.15) is 0 Å². The van der Waals surface area contributed by atoms with Gasteiger partial charge in [0.1, 0.15) is 5.75 Å². The number of ether oxygens (including phenoxy) is 3. The van der Waals surface area contributed by atoms with E-state index >= 15 is 0 Å². The summed E-state index contributed by atoms with van der Waals surface area (Å²) >= 11 is 1.33. The van der Waals surface area contributed by atoms with Gasteiger partial charge in [-0.25, -0.2) is 0 Å². The Labute approximate surface area is 179 Å². The molecule has 0 aliphatic rings. The first-order valence-electron chi connectivity index (χ1n) is 9.31. The smallest absolute Gasteiger partial charge is 0.234 e. The topological polar surface area (TPSA) is 87.5 Å². The Bertz CT molecular complexity index is 1020. The zero-order valence-electron chi connectivity index (χ0n) is 17.3. The summed E-state index contributed by atoms with van der Waals surface area (Å²) in [5, 5.41) is 12.1. The van der Waals surface area contributed by atoms with Gasteiger partial charge in [0.15, 0.2) is 22.5 Å². The molecule has 0 bridgehead atoms. The normalized spacial score (nSPS) is 10.5. The maximum Gasteiger partial charge on any atom is 0.234 e. The van der Waals surface area contributed by atoms with E-state index in [1.807, 2.05) is 47.9 Å². The Hall–Kier alpha value is -3.20. The number of thioether (sulfide) groups is 1. The standard InChI is InChI=1S/C21H24N4O4S/c1-5-25-20(14-9-10-17(28-3)18(11-14)29-4)23-24-21(25)30-13-19(26)22-15-7-6-8-16(12-15)27-2/h6-12H,5,13H2,1-4H3,(H,22,26). The largest absolute Gasteiger partial charge is 0.497 e. The minimum Gasteiger partial charge on any atom is -0.497 e. The van der Waals surface area contributed by atoms with Crippen LogP contribution < -0.4 is 19.5 Å². The van der Waals surface area contributed by atoms with Gasteiger partial charge in [0.25, 0.3) is 0 Å². The van der Waals surface area contributed by atoms with Crippen molar-refractivity contribution in [2.75, 3.05) is 32.4 Å². The third-order valence-corrected chi connectivity index (χ3v) is 5.33. The fourth-order valence-electron chi connectivity index (χ4n) is 2.90. The van der Waals surface area contributed by atoms with E-state index in [4.69, 9.17) is 14.2 Å². The Morgan fingerprint density at radius 1 is 1.03 bits per heavy atom. The number of benzene rings is 2. The number of anilines is 1. The van der Waals surface area contributed by atoms with Crippen molar-refractivity contribution in [2.45, 2.75) is 18.6 Å². The molecule has 0 unspecified atom stereocenters. The van der Waals surface area contributed by atoms with Crippen LogP contribution in [0.3, 0.4) is 0 Å². The average Bonchev–Trinajstić information content (AvgIpc) is 3.20. The highest BCUT2D eigenvalue weighted by Gasteiger charge is 2.16. The molecule has 0 atom stereocenters. The van der Waals surface area contributed by atoms with Gasteiger partial charge in [-0.05, 0) is 37.3 Å². The second-order valence-corrected chi connectivity index (χ2v) is 7.13. The molecule has 3 aromatic rings. The summed E-state index contributed by atoms with van der Waals surface area (Å²) in [6.07, 6.45) is 0. The van der Waals surface area contributed by atoms with Gasteiger partial charge >= 0.3 is 0 Å². The number of amides is 1. The first kappa shape index (κ1) is 21.5. The molecule has 0 fully saturated rings. The second kappa shape index (κ2) is 10.0. The van der Waals surface area contributed by atoms with Crippen LogP contribution in [-0.2, 0) is 11.3 Å². The van der Waals surface area contributed by atoms with Gasteiger partial charge in [-0.1, -0.05) is 17.8 Å². The maximum atomic E-state index is 12.4. The number of carbonyl (C=O) groups excluding carboxylic acids is 1. The maximum absolute atomic E-state index is 12.4. The monoisotopic (exact) mass is 428 g/mol. The molecule has 30 heavy (non-hydrogen) atoms. The molecular weight excluding hydrogens is 404 g/mol. The van der Waals surface area contributed by atoms with Crippen LogP contribution in [0.5, 0.6) is 17.2 Å². The summed E-state index contributed by atoms with van der Waals surface area (Å²) in [4.78, 5) is 12.4. The molecule has 1 amide bonds. The van der Waals surface area contributed by atoms with E-state index in [2.05, 4.69) is 15.5 Å². The van der Waals surface area contributed by atoms with E-state index in [-0.39, 0.29) is 11.7 Å². The van der Waals surface area contributed by atoms with Crippen molar-refractivity contribution in [3.63, 3.8) is 0 Å². The lowest BCUT2D eigenvalue weighted by Crippen LogP contribution is -2.14. The van der Waals surface area contributed by atoms with Crippen molar-refractivity contribution in [2.24, 2.45) is 0 Å². The molecule has 158 valence electrons. The van der Waals surface area contributed by atoms with E-state index in [0.717, 1.165) is 5.56 Å². The number of methoxy groups -OCH3 is 3. The highest BCUT2D eigenvalue weighted by atomic mass is 32.2. The fraction of sp³-hybridized carbons (Fsp3) is 0.286. The lowest BCUT2D eigenvalue weighted by atomic mass is 10.2. The van der Waals surface area contributed by atoms with Crippen LogP contribution in [0, 0.1) is 0 Å². The third-order valence-electron chi connectivity index (χ3n) is 4.36. The van der Waals surface area contributed by atoms with Crippen molar-refractivity contribution in [1.29, 1.82) is 0 Å². The van der Waals surface area contributed by atoms with Crippen molar-refractivity contribution in [3.8, 4) is 28.6 Å². The zero-order chi connectivity index (χ0) is 21.5. The van der Waals surface area contributed by atoms with Crippen molar-refractivity contribution in [3.05, 3.63) is 42.5 Å². The van der Waals surface area contributed by atoms with Crippen LogP contribution in [-0.4, -0.2) is 47.8 Å². The quantitative estimate of drug-likeness (QED) is 0.520. The molecule has 0 saturated heterocycles. The number of nitrogens with one attached hydrogen (secondary N) is 1. The van der Waals surface area contributed by atoms with Crippen LogP contribution in [0.2, 0.25) is 0 Å². The van der Waals surface area contributed by atoms with Gasteiger partial charge in [-0.3, -0.25) is 4.79 Å². The zero-order valence-corrected chi connectivity index (χ0v) is 18.2. The van der Waals surface area contributed by atoms with Gasteiger partial charge in [0.05, 0.1) is 27.1 Å². The minimum absolute atomic E-state index is 0.133. The summed E-state index contributed by atoms with van der Waals surface area (Å²) in [5.41, 5.74) is 1.54. The molecule has 0 radical (unpaired) electrons. The Morgan fingerprint density at radius 2 is 1.83 bits per heavy atom. The number of nitrogens with zero attached hydrogens (tertiary/aromatic N) is 3. The number of hydrogen-bond acceptors (Lipinski definition) is 7. The van der Waals surface area contributed by atoms with Crippen molar-refractivity contribution >= 4 is 23.4 Å². The van der Waals surface area contributed by atoms with Gasteiger partial charge in [0, 0.05) is 23.9 Å². The van der Waals surface area contributed by atoms with Crippen molar-refractivity contribution < 1.29 is 19.0 Å². The average molecular weight is 429 g/mol. The highest BCUT2D eigenvalue weighted by molar-refractivity contribution is 7.99. The van der Waals surface area contributed by atoms with E-state index in [9.17, 15) is 4.79 Å². The summed E-state index contributed by atoms with van der Waals surface area (Å²) < 4.78 is 17.8. The Balaban J connectivity index is 1.72. The van der Waals surface area contributed by atoms with Crippen LogP contribution in [0.4, 0.5) is 5.69 Å². The molecule has 0 saturated carbocycles. The van der Waals surface area contributed by atoms with Gasteiger partial charge in [0.2, 0.25) is 5.91 Å². The molecule has 2 aromatic carbocycles. The minimum atomic E-state index is -0.133. The number of rotatable bonds is 9. The summed E-state index contributed by atoms with van der Waals surface area (Å²) in [5.74, 6) is 2.73. The van der Waals surface area contributed by atoms with Gasteiger partial charge in [-0.15, -0.1) is 10.2 Å². The molecule has 3 rings (SSSR count). The predicted molar refractivity (Wildman–Crippen MR) is 117 cm³/mol. The van der Waals surface area contributed by atoms with Gasteiger partial charge < -0.3 is 24.1 Å². The van der Waals surface area contributed by atoms with E-state index in [1.54, 1.807) is 27.4 Å². The first-order valence-corrected chi connectivity index (χ1v) is 10.3. The lowest BCUT2D eigenvalue weighted by molar-refractivity contribution is -0.113. The fourth-order valence-corrected chi connectivity index (χ4v) is 3.70. The summed E-state index contributed by atoms with van der Waals surface area (Å²) in [7, 11) is 4.77. The molecular formula is C21H24N4O4S. The Kier molecular flexibility index (Phi) is 7.18. The van der Waals surface area contributed by atoms with Crippen molar-refractivity contribution in [1.82, 2.24) is 14.8 Å². The van der Waals surface area contributed by atoms with Crippen LogP contribution in [0.15, 0.2) is 47.6 Å². The Morgan fingerprint density at radius 3 is 2.53 bits per heavy atom. The molecule has 9 heteroatoms. The summed E-state index contributed by atoms with van der Waals surface area (Å²) in [6, 6.07) is 12.8. The molecule has 1 N–H and O–H groups in total. The van der Waals surface area contributed by atoms with Crippen LogP contribution in [0.25, 0.3) is 11.4 Å². The molecule has 8 nitrogen and oxygen atoms in total. The summed E-state index contributed by atoms with van der Waals surface area (Å²) in [6.45, 7) is 2.67. The van der Waals surface area contributed by atoms with E-state index < -0.39 is 0 Å². The van der Waals surface area contributed by atoms with E-state index in [0.29, 0.717) is 40.5 Å². The van der Waals surface area contributed by atoms with E-state index in [1.165, 1.54) is 11.8 Å². The third kappa shape index (κ3) is 4.85. The lowest BCUT2D eigenvalue weighted by Gasteiger charge is -2.11. The molecule has 0 aliphatic heterocycles. The second-order valence-electron chi connectivity index (χ2n) is 6.19. The van der Waals surface area contributed by atoms with Crippen LogP contribution in [0.1, 0.15) is 6.92 Å². The predicted octanol–water partition coefficient (Wildman–Crippen LogP) is 3.72. The number of aromatic nitrogens is 3. The highest BCUT2D eigenvalue weighted by Crippen LogP contribution is 2.32. The molecule has 0 aliphatic carbocycles. The first-order chi connectivity index (χ1) is 14.6.